The van der Waals surface area contributed by atoms with Gasteiger partial charge in [0.15, 0.2) is 11.5 Å². The molecule has 0 spiro atoms. The molecule has 4 heterocycles. The Morgan fingerprint density at radius 3 is 2.89 bits per heavy atom. The third-order valence-electron chi connectivity index (χ3n) is 5.53. The van der Waals surface area contributed by atoms with E-state index < -0.39 is 0 Å². The molecular weight excluding hydrogens is 380 g/mol. The van der Waals surface area contributed by atoms with E-state index >= 15 is 0 Å². The number of rotatable bonds is 5. The van der Waals surface area contributed by atoms with E-state index in [1.54, 1.807) is 18.1 Å². The molecule has 10 heteroatoms. The predicted octanol–water partition coefficient (Wildman–Crippen LogP) is 1.31. The SMILES string of the molecule is CSC[C@H]1OC(n2cnc3c(N)ncnc32)C[C@@H]1OC(=O)C1CCN(C)CC1. The number of nitrogens with two attached hydrogens (primary N) is 1. The minimum absolute atomic E-state index is 0.0215. The summed E-state index contributed by atoms with van der Waals surface area (Å²) in [5.74, 6) is 0.973. The maximum absolute atomic E-state index is 12.7. The molecule has 0 saturated carbocycles. The highest BCUT2D eigenvalue weighted by Crippen LogP contribution is 2.35. The molecule has 0 radical (unpaired) electrons. The quantitative estimate of drug-likeness (QED) is 0.735. The largest absolute Gasteiger partial charge is 0.459 e. The fourth-order valence-electron chi connectivity index (χ4n) is 3.88. The number of imidazole rings is 1. The standard InChI is InChI=1S/C18H26N6O3S/c1-23-5-3-11(4-6-23)18(25)27-12-7-14(26-13(12)8-28-2)24-10-22-15-16(19)20-9-21-17(15)24/h9-14H,3-8H2,1-2H3,(H2,19,20,21)/t12-,13+,14?/m0/s1. The second kappa shape index (κ2) is 8.22. The molecule has 4 rings (SSSR count). The molecule has 2 N–H and O–H groups in total. The van der Waals surface area contributed by atoms with Gasteiger partial charge in [-0.2, -0.15) is 11.8 Å². The Bertz CT molecular complexity index is 838. The van der Waals surface area contributed by atoms with Crippen molar-refractivity contribution in [1.82, 2.24) is 24.4 Å². The van der Waals surface area contributed by atoms with Gasteiger partial charge in [0.25, 0.3) is 0 Å². The number of nitrogen functional groups attached to an aromatic ring is 1. The van der Waals surface area contributed by atoms with Crippen LogP contribution in [0, 0.1) is 5.92 Å². The fourth-order valence-corrected chi connectivity index (χ4v) is 4.50. The summed E-state index contributed by atoms with van der Waals surface area (Å²) in [6.45, 7) is 1.86. The lowest BCUT2D eigenvalue weighted by Gasteiger charge is -2.29. The van der Waals surface area contributed by atoms with Gasteiger partial charge in [0.05, 0.1) is 12.2 Å². The van der Waals surface area contributed by atoms with Crippen LogP contribution in [0.5, 0.6) is 0 Å². The number of hydrogen-bond donors (Lipinski definition) is 1. The Kier molecular flexibility index (Phi) is 5.70. The second-order valence-corrected chi connectivity index (χ2v) is 8.37. The van der Waals surface area contributed by atoms with E-state index in [9.17, 15) is 4.79 Å². The van der Waals surface area contributed by atoms with Crippen molar-refractivity contribution in [2.45, 2.75) is 37.7 Å². The Balaban J connectivity index is 1.48. The smallest absolute Gasteiger partial charge is 0.309 e. The zero-order chi connectivity index (χ0) is 19.7. The topological polar surface area (TPSA) is 108 Å². The Morgan fingerprint density at radius 2 is 2.14 bits per heavy atom. The van der Waals surface area contributed by atoms with Crippen molar-refractivity contribution >= 4 is 34.7 Å². The molecule has 9 nitrogen and oxygen atoms in total. The van der Waals surface area contributed by atoms with E-state index in [0.717, 1.165) is 31.7 Å². The zero-order valence-electron chi connectivity index (χ0n) is 16.2. The Labute approximate surface area is 168 Å². The molecule has 0 aliphatic carbocycles. The van der Waals surface area contributed by atoms with Gasteiger partial charge in [0, 0.05) is 12.2 Å². The molecule has 2 aromatic heterocycles. The van der Waals surface area contributed by atoms with Crippen molar-refractivity contribution in [3.8, 4) is 0 Å². The van der Waals surface area contributed by atoms with Crippen molar-refractivity contribution in [1.29, 1.82) is 0 Å². The third-order valence-corrected chi connectivity index (χ3v) is 6.19. The van der Waals surface area contributed by atoms with Gasteiger partial charge in [-0.1, -0.05) is 0 Å². The summed E-state index contributed by atoms with van der Waals surface area (Å²) in [7, 11) is 2.08. The van der Waals surface area contributed by atoms with E-state index in [1.165, 1.54) is 6.33 Å². The molecule has 2 saturated heterocycles. The van der Waals surface area contributed by atoms with Crippen LogP contribution in [0.15, 0.2) is 12.7 Å². The number of ether oxygens (including phenoxy) is 2. The van der Waals surface area contributed by atoms with Gasteiger partial charge < -0.3 is 20.1 Å². The van der Waals surface area contributed by atoms with Crippen LogP contribution in [0.3, 0.4) is 0 Å². The monoisotopic (exact) mass is 406 g/mol. The fraction of sp³-hybridized carbons (Fsp3) is 0.667. The number of nitrogens with zero attached hydrogens (tertiary/aromatic N) is 5. The minimum atomic E-state index is -0.299. The van der Waals surface area contributed by atoms with Gasteiger partial charge in [-0.25, -0.2) is 15.0 Å². The number of anilines is 1. The van der Waals surface area contributed by atoms with Gasteiger partial charge in [-0.15, -0.1) is 0 Å². The summed E-state index contributed by atoms with van der Waals surface area (Å²) in [4.78, 5) is 27.5. The van der Waals surface area contributed by atoms with Crippen LogP contribution >= 0.6 is 11.8 Å². The van der Waals surface area contributed by atoms with Gasteiger partial charge in [-0.05, 0) is 39.2 Å². The van der Waals surface area contributed by atoms with Crippen LogP contribution in [-0.2, 0) is 14.3 Å². The summed E-state index contributed by atoms with van der Waals surface area (Å²) in [6, 6.07) is 0. The molecular formula is C18H26N6O3S. The van der Waals surface area contributed by atoms with Crippen LogP contribution in [-0.4, -0.2) is 74.7 Å². The molecule has 0 aromatic carbocycles. The van der Waals surface area contributed by atoms with E-state index in [0.29, 0.717) is 23.4 Å². The molecule has 2 aliphatic heterocycles. The lowest BCUT2D eigenvalue weighted by atomic mass is 9.97. The first kappa shape index (κ1) is 19.4. The summed E-state index contributed by atoms with van der Waals surface area (Å²) < 4.78 is 14.0. The molecule has 1 unspecified atom stereocenters. The van der Waals surface area contributed by atoms with Crippen LogP contribution < -0.4 is 5.73 Å². The summed E-state index contributed by atoms with van der Waals surface area (Å²) in [5, 5.41) is 0. The number of carbonyl (C=O) groups is 1. The van der Waals surface area contributed by atoms with Crippen LogP contribution in [0.1, 0.15) is 25.5 Å². The number of hydrogen-bond acceptors (Lipinski definition) is 9. The average molecular weight is 407 g/mol. The Hall–Kier alpha value is -1.91. The molecule has 2 fully saturated rings. The summed E-state index contributed by atoms with van der Waals surface area (Å²) in [5.41, 5.74) is 7.07. The first-order chi connectivity index (χ1) is 13.6. The molecule has 152 valence electrons. The molecule has 0 amide bonds. The highest BCUT2D eigenvalue weighted by atomic mass is 32.2. The van der Waals surface area contributed by atoms with Crippen LogP contribution in [0.2, 0.25) is 0 Å². The van der Waals surface area contributed by atoms with Gasteiger partial charge in [0.2, 0.25) is 0 Å². The lowest BCUT2D eigenvalue weighted by Crippen LogP contribution is -2.37. The highest BCUT2D eigenvalue weighted by Gasteiger charge is 2.40. The number of carbonyl (C=O) groups excluding carboxylic acids is 1. The van der Waals surface area contributed by atoms with Crippen LogP contribution in [0.25, 0.3) is 11.2 Å². The first-order valence-electron chi connectivity index (χ1n) is 9.53. The van der Waals surface area contributed by atoms with E-state index in [4.69, 9.17) is 15.2 Å². The van der Waals surface area contributed by atoms with Crippen LogP contribution in [0.4, 0.5) is 5.82 Å². The number of esters is 1. The van der Waals surface area contributed by atoms with E-state index in [-0.39, 0.29) is 30.3 Å². The number of likely N-dealkylation sites (tertiary alicyclic amines) is 1. The first-order valence-corrected chi connectivity index (χ1v) is 10.9. The molecule has 2 aliphatic rings. The minimum Gasteiger partial charge on any atom is -0.459 e. The molecule has 28 heavy (non-hydrogen) atoms. The molecule has 3 atom stereocenters. The summed E-state index contributed by atoms with van der Waals surface area (Å²) >= 11 is 1.68. The van der Waals surface area contributed by atoms with Crippen molar-refractivity contribution in [3.63, 3.8) is 0 Å². The molecule has 2 aromatic rings. The second-order valence-electron chi connectivity index (χ2n) is 7.46. The van der Waals surface area contributed by atoms with Gasteiger partial charge in [-0.3, -0.25) is 9.36 Å². The van der Waals surface area contributed by atoms with Gasteiger partial charge >= 0.3 is 5.97 Å². The van der Waals surface area contributed by atoms with Crippen molar-refractivity contribution in [2.24, 2.45) is 5.92 Å². The normalized spacial score (nSPS) is 26.7. The number of fused-ring (bicyclic) bond motifs is 1. The van der Waals surface area contributed by atoms with E-state index in [2.05, 4.69) is 26.9 Å². The number of piperidine rings is 1. The zero-order valence-corrected chi connectivity index (χ0v) is 17.0. The number of thioether (sulfide) groups is 1. The maximum Gasteiger partial charge on any atom is 0.309 e. The van der Waals surface area contributed by atoms with Crippen molar-refractivity contribution < 1.29 is 14.3 Å². The maximum atomic E-state index is 12.7. The summed E-state index contributed by atoms with van der Waals surface area (Å²) in [6.07, 6.45) is 6.63. The Morgan fingerprint density at radius 1 is 1.36 bits per heavy atom. The third kappa shape index (κ3) is 3.81. The lowest BCUT2D eigenvalue weighted by molar-refractivity contribution is -0.157. The molecule has 0 bridgehead atoms. The van der Waals surface area contributed by atoms with E-state index in [1.807, 2.05) is 10.8 Å². The van der Waals surface area contributed by atoms with Gasteiger partial charge in [0.1, 0.15) is 30.3 Å². The average Bonchev–Trinajstić information content (AvgIpc) is 3.28. The number of aromatic nitrogens is 4. The highest BCUT2D eigenvalue weighted by molar-refractivity contribution is 7.98. The predicted molar refractivity (Wildman–Crippen MR) is 107 cm³/mol. The van der Waals surface area contributed by atoms with Crippen molar-refractivity contribution in [3.05, 3.63) is 12.7 Å². The van der Waals surface area contributed by atoms with Crippen molar-refractivity contribution in [2.75, 3.05) is 37.9 Å².